The normalized spacial score (nSPS) is 10.7. The SMILES string of the molecule is O=C(CSc1nnc(-c2cccnc2)n1-c1ccccc1)Nc1cc(Cl)cc(Cl)c1. The number of nitrogens with zero attached hydrogens (tertiary/aromatic N) is 4. The molecule has 0 saturated heterocycles. The van der Waals surface area contributed by atoms with Gasteiger partial charge in [-0.25, -0.2) is 0 Å². The van der Waals surface area contributed by atoms with E-state index in [4.69, 9.17) is 23.2 Å². The van der Waals surface area contributed by atoms with Crippen LogP contribution >= 0.6 is 35.0 Å². The summed E-state index contributed by atoms with van der Waals surface area (Å²) in [6.07, 6.45) is 3.43. The molecule has 0 fully saturated rings. The van der Waals surface area contributed by atoms with E-state index in [9.17, 15) is 4.79 Å². The van der Waals surface area contributed by atoms with E-state index in [2.05, 4.69) is 20.5 Å². The van der Waals surface area contributed by atoms with Gasteiger partial charge in [-0.2, -0.15) is 0 Å². The second-order valence-electron chi connectivity index (χ2n) is 6.21. The monoisotopic (exact) mass is 455 g/mol. The number of benzene rings is 2. The van der Waals surface area contributed by atoms with Crippen LogP contribution in [0.15, 0.2) is 78.2 Å². The van der Waals surface area contributed by atoms with Gasteiger partial charge in [-0.05, 0) is 42.5 Å². The highest BCUT2D eigenvalue weighted by molar-refractivity contribution is 7.99. The first-order chi connectivity index (χ1) is 14.6. The molecular weight excluding hydrogens is 441 g/mol. The largest absolute Gasteiger partial charge is 0.325 e. The zero-order chi connectivity index (χ0) is 20.9. The highest BCUT2D eigenvalue weighted by Gasteiger charge is 2.17. The maximum Gasteiger partial charge on any atom is 0.234 e. The average molecular weight is 456 g/mol. The van der Waals surface area contributed by atoms with Crippen LogP contribution in [0.3, 0.4) is 0 Å². The first-order valence-electron chi connectivity index (χ1n) is 8.90. The third-order valence-corrected chi connectivity index (χ3v) is 5.41. The summed E-state index contributed by atoms with van der Waals surface area (Å²) >= 11 is 13.3. The molecule has 0 bridgehead atoms. The lowest BCUT2D eigenvalue weighted by molar-refractivity contribution is -0.113. The van der Waals surface area contributed by atoms with Crippen LogP contribution in [-0.4, -0.2) is 31.4 Å². The minimum absolute atomic E-state index is 0.141. The Morgan fingerprint density at radius 1 is 1.00 bits per heavy atom. The van der Waals surface area contributed by atoms with Crippen LogP contribution < -0.4 is 5.32 Å². The molecule has 1 amide bonds. The van der Waals surface area contributed by atoms with Crippen LogP contribution in [0.5, 0.6) is 0 Å². The Hall–Kier alpha value is -2.87. The fraction of sp³-hybridized carbons (Fsp3) is 0.0476. The molecule has 0 spiro atoms. The molecule has 2 aromatic heterocycles. The molecule has 4 rings (SSSR count). The number of pyridine rings is 1. The van der Waals surface area contributed by atoms with Crippen molar-refractivity contribution in [3.63, 3.8) is 0 Å². The number of aromatic nitrogens is 4. The molecule has 2 heterocycles. The smallest absolute Gasteiger partial charge is 0.234 e. The van der Waals surface area contributed by atoms with Gasteiger partial charge in [-0.1, -0.05) is 53.2 Å². The number of amides is 1. The molecule has 0 aliphatic carbocycles. The Morgan fingerprint density at radius 2 is 1.77 bits per heavy atom. The molecule has 9 heteroatoms. The highest BCUT2D eigenvalue weighted by atomic mass is 35.5. The zero-order valence-electron chi connectivity index (χ0n) is 15.5. The van der Waals surface area contributed by atoms with E-state index in [0.29, 0.717) is 26.7 Å². The molecule has 0 saturated carbocycles. The van der Waals surface area contributed by atoms with Crippen molar-refractivity contribution in [1.29, 1.82) is 0 Å². The lowest BCUT2D eigenvalue weighted by Gasteiger charge is -2.10. The summed E-state index contributed by atoms with van der Waals surface area (Å²) in [7, 11) is 0. The topological polar surface area (TPSA) is 72.7 Å². The Bertz CT molecular complexity index is 1150. The Kier molecular flexibility index (Phi) is 6.32. The quantitative estimate of drug-likeness (QED) is 0.395. The van der Waals surface area contributed by atoms with Crippen molar-refractivity contribution in [1.82, 2.24) is 19.7 Å². The van der Waals surface area contributed by atoms with Gasteiger partial charge in [0.2, 0.25) is 5.91 Å². The number of carbonyl (C=O) groups excluding carboxylic acids is 1. The number of nitrogens with one attached hydrogen (secondary N) is 1. The van der Waals surface area contributed by atoms with E-state index in [1.807, 2.05) is 47.0 Å². The molecule has 6 nitrogen and oxygen atoms in total. The highest BCUT2D eigenvalue weighted by Crippen LogP contribution is 2.28. The van der Waals surface area contributed by atoms with Gasteiger partial charge < -0.3 is 5.32 Å². The summed E-state index contributed by atoms with van der Waals surface area (Å²) in [5.41, 5.74) is 2.27. The summed E-state index contributed by atoms with van der Waals surface area (Å²) in [6, 6.07) is 18.4. The van der Waals surface area contributed by atoms with Crippen molar-refractivity contribution in [3.8, 4) is 17.1 Å². The Morgan fingerprint density at radius 3 is 2.47 bits per heavy atom. The molecule has 30 heavy (non-hydrogen) atoms. The average Bonchev–Trinajstić information content (AvgIpc) is 3.17. The second kappa shape index (κ2) is 9.30. The zero-order valence-corrected chi connectivity index (χ0v) is 17.8. The lowest BCUT2D eigenvalue weighted by Crippen LogP contribution is -2.14. The van der Waals surface area contributed by atoms with Gasteiger partial charge in [0.15, 0.2) is 11.0 Å². The minimum atomic E-state index is -0.205. The first kappa shape index (κ1) is 20.4. The van der Waals surface area contributed by atoms with E-state index in [1.165, 1.54) is 11.8 Å². The molecule has 0 aliphatic rings. The van der Waals surface area contributed by atoms with Gasteiger partial charge in [0, 0.05) is 39.4 Å². The number of hydrogen-bond donors (Lipinski definition) is 1. The van der Waals surface area contributed by atoms with Crippen molar-refractivity contribution in [3.05, 3.63) is 83.1 Å². The van der Waals surface area contributed by atoms with Gasteiger partial charge in [-0.15, -0.1) is 10.2 Å². The van der Waals surface area contributed by atoms with Crippen LogP contribution in [0, 0.1) is 0 Å². The number of rotatable bonds is 6. The minimum Gasteiger partial charge on any atom is -0.325 e. The number of halogens is 2. The van der Waals surface area contributed by atoms with Crippen molar-refractivity contribution in [2.45, 2.75) is 5.16 Å². The van der Waals surface area contributed by atoms with E-state index in [-0.39, 0.29) is 11.7 Å². The molecule has 2 aromatic carbocycles. The maximum atomic E-state index is 12.4. The van der Waals surface area contributed by atoms with Crippen molar-refractivity contribution in [2.24, 2.45) is 0 Å². The molecular formula is C21H15Cl2N5OS. The van der Waals surface area contributed by atoms with E-state index < -0.39 is 0 Å². The lowest BCUT2D eigenvalue weighted by atomic mass is 10.2. The number of hydrogen-bond acceptors (Lipinski definition) is 5. The Labute approximate surface area is 187 Å². The standard InChI is InChI=1S/C21H15Cl2N5OS/c22-15-9-16(23)11-17(10-15)25-19(29)13-30-21-27-26-20(14-5-4-8-24-12-14)28(21)18-6-2-1-3-7-18/h1-12H,13H2,(H,25,29). The van der Waals surface area contributed by atoms with Crippen molar-refractivity contribution < 1.29 is 4.79 Å². The predicted octanol–water partition coefficient (Wildman–Crippen LogP) is 5.37. The molecule has 0 aliphatic heterocycles. The number of carbonyl (C=O) groups is 1. The Balaban J connectivity index is 1.57. The van der Waals surface area contributed by atoms with Crippen LogP contribution in [0.2, 0.25) is 10.0 Å². The van der Waals surface area contributed by atoms with Gasteiger partial charge in [0.25, 0.3) is 0 Å². The summed E-state index contributed by atoms with van der Waals surface area (Å²) < 4.78 is 1.91. The molecule has 0 unspecified atom stereocenters. The van der Waals surface area contributed by atoms with Gasteiger partial charge >= 0.3 is 0 Å². The van der Waals surface area contributed by atoms with Crippen LogP contribution in [-0.2, 0) is 4.79 Å². The summed E-state index contributed by atoms with van der Waals surface area (Å²) in [5.74, 6) is 0.588. The second-order valence-corrected chi connectivity index (χ2v) is 8.03. The van der Waals surface area contributed by atoms with Crippen molar-refractivity contribution >= 4 is 46.6 Å². The number of anilines is 1. The van der Waals surface area contributed by atoms with Gasteiger partial charge in [0.1, 0.15) is 0 Å². The molecule has 0 atom stereocenters. The predicted molar refractivity (Wildman–Crippen MR) is 120 cm³/mol. The van der Waals surface area contributed by atoms with Gasteiger partial charge in [0.05, 0.1) is 5.75 Å². The number of thioether (sulfide) groups is 1. The van der Waals surface area contributed by atoms with Crippen LogP contribution in [0.1, 0.15) is 0 Å². The number of para-hydroxylation sites is 1. The fourth-order valence-electron chi connectivity index (χ4n) is 2.81. The fourth-order valence-corrected chi connectivity index (χ4v) is 4.09. The molecule has 150 valence electrons. The molecule has 4 aromatic rings. The molecule has 0 radical (unpaired) electrons. The van der Waals surface area contributed by atoms with Crippen molar-refractivity contribution in [2.75, 3.05) is 11.1 Å². The maximum absolute atomic E-state index is 12.4. The summed E-state index contributed by atoms with van der Waals surface area (Å²) in [5, 5.41) is 12.9. The van der Waals surface area contributed by atoms with E-state index >= 15 is 0 Å². The summed E-state index contributed by atoms with van der Waals surface area (Å²) in [6.45, 7) is 0. The van der Waals surface area contributed by atoms with E-state index in [0.717, 1.165) is 11.3 Å². The van der Waals surface area contributed by atoms with Crippen LogP contribution in [0.4, 0.5) is 5.69 Å². The van der Waals surface area contributed by atoms with E-state index in [1.54, 1.807) is 30.6 Å². The third-order valence-electron chi connectivity index (χ3n) is 4.05. The van der Waals surface area contributed by atoms with Gasteiger partial charge in [-0.3, -0.25) is 14.3 Å². The first-order valence-corrected chi connectivity index (χ1v) is 10.6. The third kappa shape index (κ3) is 4.81. The molecule has 1 N–H and O–H groups in total. The van der Waals surface area contributed by atoms with Crippen LogP contribution in [0.25, 0.3) is 17.1 Å². The summed E-state index contributed by atoms with van der Waals surface area (Å²) in [4.78, 5) is 16.6.